The second-order valence-corrected chi connectivity index (χ2v) is 7.45. The summed E-state index contributed by atoms with van der Waals surface area (Å²) < 4.78 is 15.4. The van der Waals surface area contributed by atoms with Crippen molar-refractivity contribution in [2.45, 2.75) is 52.1 Å². The smallest absolute Gasteiger partial charge is 0.339 e. The van der Waals surface area contributed by atoms with Gasteiger partial charge < -0.3 is 19.3 Å². The Labute approximate surface area is 169 Å². The van der Waals surface area contributed by atoms with Crippen LogP contribution in [0.4, 0.5) is 0 Å². The van der Waals surface area contributed by atoms with Crippen LogP contribution in [0.2, 0.25) is 0 Å². The second kappa shape index (κ2) is 8.68. The zero-order valence-corrected chi connectivity index (χ0v) is 17.0. The molecular formula is C22H26O7. The highest BCUT2D eigenvalue weighted by Gasteiger charge is 2.34. The highest BCUT2D eigenvalue weighted by atomic mass is 16.5. The third-order valence-electron chi connectivity index (χ3n) is 5.89. The first-order valence-electron chi connectivity index (χ1n) is 9.77. The van der Waals surface area contributed by atoms with E-state index in [1.807, 2.05) is 13.0 Å². The van der Waals surface area contributed by atoms with E-state index >= 15 is 0 Å². The molecule has 1 N–H and O–H groups in total. The maximum absolute atomic E-state index is 12.2. The SMILES string of the molecule is COC(=O)CC1CCCCC1=CCc1c(OC)c(C)c2c(c1C(=O)O)C(=O)OC2. The van der Waals surface area contributed by atoms with Crippen LogP contribution in [0.5, 0.6) is 5.75 Å². The monoisotopic (exact) mass is 402 g/mol. The number of carbonyl (C=O) groups is 3. The quantitative estimate of drug-likeness (QED) is 0.573. The van der Waals surface area contributed by atoms with Gasteiger partial charge in [0, 0.05) is 11.1 Å². The number of esters is 2. The number of aromatic carboxylic acids is 1. The number of cyclic esters (lactones) is 1. The van der Waals surface area contributed by atoms with Crippen molar-refractivity contribution in [3.05, 3.63) is 39.5 Å². The fraction of sp³-hybridized carbons (Fsp3) is 0.500. The molecule has 1 aliphatic carbocycles. The molecule has 29 heavy (non-hydrogen) atoms. The first-order chi connectivity index (χ1) is 13.9. The van der Waals surface area contributed by atoms with Crippen molar-refractivity contribution < 1.29 is 33.7 Å². The lowest BCUT2D eigenvalue weighted by Crippen LogP contribution is -2.17. The van der Waals surface area contributed by atoms with E-state index in [-0.39, 0.29) is 29.6 Å². The summed E-state index contributed by atoms with van der Waals surface area (Å²) in [6, 6.07) is 0. The molecule has 0 radical (unpaired) electrons. The largest absolute Gasteiger partial charge is 0.496 e. The van der Waals surface area contributed by atoms with E-state index in [1.165, 1.54) is 14.2 Å². The third kappa shape index (κ3) is 3.99. The molecule has 156 valence electrons. The lowest BCUT2D eigenvalue weighted by atomic mass is 9.81. The predicted octanol–water partition coefficient (Wildman–Crippen LogP) is 3.59. The average Bonchev–Trinajstić information content (AvgIpc) is 3.08. The summed E-state index contributed by atoms with van der Waals surface area (Å²) in [5.41, 5.74) is 2.95. The number of benzene rings is 1. The molecule has 1 aliphatic heterocycles. The highest BCUT2D eigenvalue weighted by Crippen LogP contribution is 2.39. The van der Waals surface area contributed by atoms with Gasteiger partial charge in [-0.25, -0.2) is 9.59 Å². The van der Waals surface area contributed by atoms with Gasteiger partial charge in [-0.05, 0) is 44.1 Å². The summed E-state index contributed by atoms with van der Waals surface area (Å²) in [5, 5.41) is 9.85. The first kappa shape index (κ1) is 20.9. The molecule has 3 rings (SSSR count). The van der Waals surface area contributed by atoms with E-state index in [2.05, 4.69) is 0 Å². The maximum atomic E-state index is 12.2. The molecule has 1 fully saturated rings. The minimum atomic E-state index is -1.18. The van der Waals surface area contributed by atoms with Crippen molar-refractivity contribution in [3.63, 3.8) is 0 Å². The summed E-state index contributed by atoms with van der Waals surface area (Å²) in [4.78, 5) is 36.0. The van der Waals surface area contributed by atoms with Crippen LogP contribution in [0, 0.1) is 12.8 Å². The van der Waals surface area contributed by atoms with E-state index in [0.717, 1.165) is 36.8 Å². The van der Waals surface area contributed by atoms with Gasteiger partial charge in [0.15, 0.2) is 0 Å². The Balaban J connectivity index is 2.04. The molecular weight excluding hydrogens is 376 g/mol. The van der Waals surface area contributed by atoms with Gasteiger partial charge in [0.2, 0.25) is 0 Å². The summed E-state index contributed by atoms with van der Waals surface area (Å²) in [7, 11) is 2.88. The lowest BCUT2D eigenvalue weighted by Gasteiger charge is -2.25. The Morgan fingerprint density at radius 2 is 2.03 bits per heavy atom. The molecule has 1 atom stereocenters. The first-order valence-corrected chi connectivity index (χ1v) is 9.77. The van der Waals surface area contributed by atoms with Gasteiger partial charge in [0.05, 0.1) is 31.8 Å². The standard InChI is InChI=1S/C22H26O7/c1-12-16-11-29-22(26)19(16)18(21(24)25)15(20(12)28-3)9-8-13-6-4-5-7-14(13)10-17(23)27-2/h8,14H,4-7,9-11H2,1-3H3,(H,24,25). The van der Waals surface area contributed by atoms with Crippen molar-refractivity contribution in [2.24, 2.45) is 5.92 Å². The van der Waals surface area contributed by atoms with Gasteiger partial charge in [0.25, 0.3) is 0 Å². The predicted molar refractivity (Wildman–Crippen MR) is 104 cm³/mol. The van der Waals surface area contributed by atoms with Gasteiger partial charge in [0.1, 0.15) is 12.4 Å². The number of hydrogen-bond donors (Lipinski definition) is 1. The molecule has 1 aromatic carbocycles. The fourth-order valence-electron chi connectivity index (χ4n) is 4.42. The Bertz CT molecular complexity index is 882. The van der Waals surface area contributed by atoms with E-state index in [0.29, 0.717) is 29.7 Å². The molecule has 0 aromatic heterocycles. The zero-order valence-electron chi connectivity index (χ0n) is 17.0. The van der Waals surface area contributed by atoms with Crippen LogP contribution in [0.1, 0.15) is 69.5 Å². The molecule has 7 nitrogen and oxygen atoms in total. The van der Waals surface area contributed by atoms with Crippen LogP contribution in [-0.4, -0.2) is 37.2 Å². The Morgan fingerprint density at radius 1 is 1.28 bits per heavy atom. The van der Waals surface area contributed by atoms with Crippen molar-refractivity contribution in [1.82, 2.24) is 0 Å². The molecule has 1 unspecified atom stereocenters. The van der Waals surface area contributed by atoms with Gasteiger partial charge in [-0.1, -0.05) is 18.1 Å². The van der Waals surface area contributed by atoms with Crippen LogP contribution in [0.15, 0.2) is 11.6 Å². The minimum Gasteiger partial charge on any atom is -0.496 e. The molecule has 1 saturated carbocycles. The molecule has 0 amide bonds. The normalized spacial score (nSPS) is 19.6. The summed E-state index contributed by atoms with van der Waals surface area (Å²) in [6.07, 6.45) is 6.45. The third-order valence-corrected chi connectivity index (χ3v) is 5.89. The van der Waals surface area contributed by atoms with E-state index < -0.39 is 11.9 Å². The molecule has 2 aliphatic rings. The summed E-state index contributed by atoms with van der Waals surface area (Å²) in [5.74, 6) is -1.48. The number of allylic oxidation sites excluding steroid dienone is 2. The van der Waals surface area contributed by atoms with Crippen LogP contribution in [0.25, 0.3) is 0 Å². The van der Waals surface area contributed by atoms with Crippen LogP contribution in [0.3, 0.4) is 0 Å². The van der Waals surface area contributed by atoms with Crippen molar-refractivity contribution in [1.29, 1.82) is 0 Å². The Morgan fingerprint density at radius 3 is 2.69 bits per heavy atom. The van der Waals surface area contributed by atoms with Gasteiger partial charge in [-0.3, -0.25) is 4.79 Å². The summed E-state index contributed by atoms with van der Waals surface area (Å²) >= 11 is 0. The minimum absolute atomic E-state index is 0.0536. The number of rotatable bonds is 6. The van der Waals surface area contributed by atoms with Gasteiger partial charge in [-0.2, -0.15) is 0 Å². The number of carboxylic acid groups (broad SMARTS) is 1. The van der Waals surface area contributed by atoms with Crippen molar-refractivity contribution in [3.8, 4) is 5.75 Å². The van der Waals surface area contributed by atoms with Crippen LogP contribution >= 0.6 is 0 Å². The average molecular weight is 402 g/mol. The number of methoxy groups -OCH3 is 2. The van der Waals surface area contributed by atoms with E-state index in [1.54, 1.807) is 0 Å². The van der Waals surface area contributed by atoms with E-state index in [9.17, 15) is 19.5 Å². The second-order valence-electron chi connectivity index (χ2n) is 7.45. The molecule has 0 bridgehead atoms. The van der Waals surface area contributed by atoms with E-state index in [4.69, 9.17) is 14.2 Å². The molecule has 1 heterocycles. The fourth-order valence-corrected chi connectivity index (χ4v) is 4.42. The molecule has 1 aromatic rings. The summed E-state index contributed by atoms with van der Waals surface area (Å²) in [6.45, 7) is 1.86. The number of carboxylic acids is 1. The molecule has 0 spiro atoms. The maximum Gasteiger partial charge on any atom is 0.339 e. The van der Waals surface area contributed by atoms with Crippen LogP contribution in [-0.2, 0) is 27.3 Å². The highest BCUT2D eigenvalue weighted by molar-refractivity contribution is 6.07. The number of ether oxygens (including phenoxy) is 3. The van der Waals surface area contributed by atoms with Gasteiger partial charge >= 0.3 is 17.9 Å². The van der Waals surface area contributed by atoms with Crippen LogP contribution < -0.4 is 4.74 Å². The Kier molecular flexibility index (Phi) is 6.25. The Hall–Kier alpha value is -2.83. The molecule has 7 heteroatoms. The topological polar surface area (TPSA) is 99.1 Å². The van der Waals surface area contributed by atoms with Crippen molar-refractivity contribution in [2.75, 3.05) is 14.2 Å². The zero-order chi connectivity index (χ0) is 21.1. The molecule has 0 saturated heterocycles. The van der Waals surface area contributed by atoms with Gasteiger partial charge in [-0.15, -0.1) is 0 Å². The number of carbonyl (C=O) groups excluding carboxylic acids is 2. The number of fused-ring (bicyclic) bond motifs is 1. The lowest BCUT2D eigenvalue weighted by molar-refractivity contribution is -0.141. The number of hydrogen-bond acceptors (Lipinski definition) is 6. The van der Waals surface area contributed by atoms with Crippen molar-refractivity contribution >= 4 is 17.9 Å².